The summed E-state index contributed by atoms with van der Waals surface area (Å²) in [4.78, 5) is 48.1. The minimum atomic E-state index is -0.826. The summed E-state index contributed by atoms with van der Waals surface area (Å²) in [5.74, 6) is -0.571. The number of rotatable bonds is 7. The summed E-state index contributed by atoms with van der Waals surface area (Å²) in [6.07, 6.45) is 4.70. The van der Waals surface area contributed by atoms with E-state index >= 15 is 0 Å². The van der Waals surface area contributed by atoms with Crippen LogP contribution in [0.1, 0.15) is 41.2 Å². The molecule has 3 aromatic rings. The van der Waals surface area contributed by atoms with Crippen LogP contribution in [0.4, 0.5) is 0 Å². The summed E-state index contributed by atoms with van der Waals surface area (Å²) in [6.45, 7) is 0.903. The Balaban J connectivity index is 1.40. The van der Waals surface area contributed by atoms with Gasteiger partial charge in [0.1, 0.15) is 23.5 Å². The largest absolute Gasteiger partial charge is 0.496 e. The quantitative estimate of drug-likeness (QED) is 0.454. The maximum absolute atomic E-state index is 13.7. The van der Waals surface area contributed by atoms with Crippen molar-refractivity contribution in [3.8, 4) is 11.8 Å². The number of fused-ring (bicyclic) bond motifs is 1. The van der Waals surface area contributed by atoms with Crippen molar-refractivity contribution in [2.75, 3.05) is 20.2 Å². The van der Waals surface area contributed by atoms with E-state index in [-0.39, 0.29) is 30.1 Å². The molecule has 3 N–H and O–H groups in total. The average Bonchev–Trinajstić information content (AvgIpc) is 3.66. The molecule has 190 valence electrons. The first-order chi connectivity index (χ1) is 18.0. The maximum atomic E-state index is 13.7. The molecule has 0 spiro atoms. The number of H-pyrrole nitrogens is 1. The Labute approximate surface area is 214 Å². The SMILES string of the molecule is COc1cccc2[nH]c(C(=O)N3CC(c4cccnc4)C[C@H]3C(=O)N[C@H](C#N)C[C@@H]3CCNC3=O)cc12. The maximum Gasteiger partial charge on any atom is 0.271 e. The van der Waals surface area contributed by atoms with Crippen LogP contribution in [0.5, 0.6) is 5.75 Å². The van der Waals surface area contributed by atoms with Crippen molar-refractivity contribution in [3.05, 3.63) is 60.0 Å². The Hall–Kier alpha value is -4.39. The van der Waals surface area contributed by atoms with Gasteiger partial charge in [-0.25, -0.2) is 0 Å². The molecule has 4 atom stereocenters. The zero-order chi connectivity index (χ0) is 25.9. The summed E-state index contributed by atoms with van der Waals surface area (Å²) in [7, 11) is 1.57. The third kappa shape index (κ3) is 4.85. The number of carbonyl (C=O) groups excluding carboxylic acids is 3. The standard InChI is InChI=1S/C27H28N6O4/c1-37-24-6-2-5-21-20(24)12-22(32-21)27(36)33-15-18(17-4-3-8-29-14-17)11-23(33)26(35)31-19(13-28)10-16-7-9-30-25(16)34/h2-6,8,12,14,16,18-19,23,32H,7,9-11,15H2,1H3,(H,30,34)(H,31,35)/t16-,18?,19-,23-/m0/s1. The molecule has 0 aliphatic carbocycles. The zero-order valence-corrected chi connectivity index (χ0v) is 20.4. The van der Waals surface area contributed by atoms with Gasteiger partial charge in [-0.3, -0.25) is 19.4 Å². The van der Waals surface area contributed by atoms with Crippen molar-refractivity contribution < 1.29 is 19.1 Å². The number of aromatic nitrogens is 2. The molecule has 0 radical (unpaired) electrons. The number of hydrogen-bond donors (Lipinski definition) is 3. The van der Waals surface area contributed by atoms with Gasteiger partial charge < -0.3 is 25.3 Å². The molecule has 5 rings (SSSR count). The minimum absolute atomic E-state index is 0.0894. The van der Waals surface area contributed by atoms with Gasteiger partial charge in [0, 0.05) is 48.2 Å². The van der Waals surface area contributed by atoms with Gasteiger partial charge in [-0.2, -0.15) is 5.26 Å². The molecule has 2 aromatic heterocycles. The molecule has 0 saturated carbocycles. The summed E-state index contributed by atoms with van der Waals surface area (Å²) < 4.78 is 5.42. The van der Waals surface area contributed by atoms with Crippen molar-refractivity contribution in [2.45, 2.75) is 37.3 Å². The molecule has 2 aliphatic rings. The minimum Gasteiger partial charge on any atom is -0.496 e. The third-order valence-corrected chi connectivity index (χ3v) is 7.25. The number of pyridine rings is 1. The lowest BCUT2D eigenvalue weighted by Crippen LogP contribution is -2.49. The molecule has 0 bridgehead atoms. The van der Waals surface area contributed by atoms with Crippen molar-refractivity contribution in [1.29, 1.82) is 5.26 Å². The number of nitriles is 1. The highest BCUT2D eigenvalue weighted by atomic mass is 16.5. The molecule has 4 heterocycles. The molecule has 10 heteroatoms. The number of benzene rings is 1. The van der Waals surface area contributed by atoms with E-state index < -0.39 is 18.0 Å². The number of nitrogens with one attached hydrogen (secondary N) is 3. The first kappa shape index (κ1) is 24.3. The second-order valence-electron chi connectivity index (χ2n) is 9.50. The van der Waals surface area contributed by atoms with Crippen LogP contribution in [-0.4, -0.2) is 64.9 Å². The number of carbonyl (C=O) groups is 3. The molecule has 2 fully saturated rings. The molecular formula is C27H28N6O4. The third-order valence-electron chi connectivity index (χ3n) is 7.25. The summed E-state index contributed by atoms with van der Waals surface area (Å²) in [5, 5.41) is 16.0. The fourth-order valence-corrected chi connectivity index (χ4v) is 5.31. The van der Waals surface area contributed by atoms with E-state index in [9.17, 15) is 19.6 Å². The van der Waals surface area contributed by atoms with Gasteiger partial charge in [-0.05, 0) is 49.1 Å². The van der Waals surface area contributed by atoms with E-state index in [1.165, 1.54) is 0 Å². The number of ether oxygens (including phenoxy) is 1. The topological polar surface area (TPSA) is 140 Å². The normalized spacial score (nSPS) is 21.9. The Morgan fingerprint density at radius 2 is 2.19 bits per heavy atom. The smallest absolute Gasteiger partial charge is 0.271 e. The Kier molecular flexibility index (Phi) is 6.77. The Morgan fingerprint density at radius 1 is 1.32 bits per heavy atom. The molecule has 1 unspecified atom stereocenters. The van der Waals surface area contributed by atoms with Crippen LogP contribution in [0.15, 0.2) is 48.8 Å². The van der Waals surface area contributed by atoms with Gasteiger partial charge in [-0.1, -0.05) is 12.1 Å². The molecule has 2 aliphatic heterocycles. The average molecular weight is 501 g/mol. The van der Waals surface area contributed by atoms with E-state index in [1.54, 1.807) is 30.5 Å². The van der Waals surface area contributed by atoms with Gasteiger partial charge in [0.05, 0.1) is 13.2 Å². The Bertz CT molecular complexity index is 1360. The van der Waals surface area contributed by atoms with E-state index in [0.717, 1.165) is 16.5 Å². The van der Waals surface area contributed by atoms with Crippen molar-refractivity contribution in [3.63, 3.8) is 0 Å². The number of aromatic amines is 1. The fraction of sp³-hybridized carbons (Fsp3) is 0.370. The predicted octanol–water partition coefficient (Wildman–Crippen LogP) is 2.10. The van der Waals surface area contributed by atoms with Gasteiger partial charge in [0.15, 0.2) is 0 Å². The number of nitrogens with zero attached hydrogens (tertiary/aromatic N) is 3. The van der Waals surface area contributed by atoms with E-state index in [0.29, 0.717) is 37.4 Å². The Morgan fingerprint density at radius 3 is 2.89 bits per heavy atom. The number of amides is 3. The van der Waals surface area contributed by atoms with Gasteiger partial charge >= 0.3 is 0 Å². The molecule has 37 heavy (non-hydrogen) atoms. The van der Waals surface area contributed by atoms with Crippen molar-refractivity contribution >= 4 is 28.6 Å². The highest BCUT2D eigenvalue weighted by molar-refractivity contribution is 6.02. The number of hydrogen-bond acceptors (Lipinski definition) is 6. The van der Waals surface area contributed by atoms with E-state index in [2.05, 4.69) is 26.7 Å². The molecule has 10 nitrogen and oxygen atoms in total. The molecule has 3 amide bonds. The van der Waals surface area contributed by atoms with Crippen LogP contribution >= 0.6 is 0 Å². The summed E-state index contributed by atoms with van der Waals surface area (Å²) >= 11 is 0. The molecular weight excluding hydrogens is 472 g/mol. The second kappa shape index (κ2) is 10.3. The van der Waals surface area contributed by atoms with E-state index in [4.69, 9.17) is 4.74 Å². The lowest BCUT2D eigenvalue weighted by atomic mass is 9.96. The van der Waals surface area contributed by atoms with Crippen LogP contribution in [0.2, 0.25) is 0 Å². The van der Waals surface area contributed by atoms with Crippen LogP contribution in [-0.2, 0) is 9.59 Å². The van der Waals surface area contributed by atoms with E-state index in [1.807, 2.05) is 30.3 Å². The highest BCUT2D eigenvalue weighted by Gasteiger charge is 2.42. The van der Waals surface area contributed by atoms with Crippen LogP contribution in [0.3, 0.4) is 0 Å². The predicted molar refractivity (Wildman–Crippen MR) is 135 cm³/mol. The van der Waals surface area contributed by atoms with Gasteiger partial charge in [0.25, 0.3) is 5.91 Å². The fourth-order valence-electron chi connectivity index (χ4n) is 5.31. The molecule has 1 aromatic carbocycles. The monoisotopic (exact) mass is 500 g/mol. The first-order valence-corrected chi connectivity index (χ1v) is 12.3. The highest BCUT2D eigenvalue weighted by Crippen LogP contribution is 2.34. The first-order valence-electron chi connectivity index (χ1n) is 12.3. The van der Waals surface area contributed by atoms with Gasteiger partial charge in [-0.15, -0.1) is 0 Å². The summed E-state index contributed by atoms with van der Waals surface area (Å²) in [5.41, 5.74) is 2.04. The van der Waals surface area contributed by atoms with Crippen molar-refractivity contribution in [1.82, 2.24) is 25.5 Å². The zero-order valence-electron chi connectivity index (χ0n) is 20.4. The van der Waals surface area contributed by atoms with Crippen LogP contribution < -0.4 is 15.4 Å². The van der Waals surface area contributed by atoms with Crippen LogP contribution in [0.25, 0.3) is 10.9 Å². The lowest BCUT2D eigenvalue weighted by Gasteiger charge is -2.25. The number of likely N-dealkylation sites (tertiary alicyclic amines) is 1. The summed E-state index contributed by atoms with van der Waals surface area (Å²) in [6, 6.07) is 11.5. The van der Waals surface area contributed by atoms with Crippen molar-refractivity contribution in [2.24, 2.45) is 5.92 Å². The van der Waals surface area contributed by atoms with Crippen LogP contribution in [0, 0.1) is 17.2 Å². The van der Waals surface area contributed by atoms with Gasteiger partial charge in [0.2, 0.25) is 11.8 Å². The second-order valence-corrected chi connectivity index (χ2v) is 9.50. The lowest BCUT2D eigenvalue weighted by molar-refractivity contribution is -0.126. The molecule has 2 saturated heterocycles. The number of methoxy groups -OCH3 is 1.